The highest BCUT2D eigenvalue weighted by molar-refractivity contribution is 5.37. The lowest BCUT2D eigenvalue weighted by atomic mass is 9.95. The first kappa shape index (κ1) is 14.3. The van der Waals surface area contributed by atoms with E-state index in [1.165, 1.54) is 5.56 Å². The maximum absolute atomic E-state index is 10.1. The van der Waals surface area contributed by atoms with E-state index in [9.17, 15) is 5.11 Å². The number of pyridine rings is 1. The number of hydrogen-bond donors (Lipinski definition) is 2. The molecule has 1 atom stereocenters. The molecule has 0 aromatic carbocycles. The molecule has 0 radical (unpaired) electrons. The zero-order valence-corrected chi connectivity index (χ0v) is 12.0. The van der Waals surface area contributed by atoms with Crippen molar-refractivity contribution in [1.29, 1.82) is 0 Å². The van der Waals surface area contributed by atoms with Gasteiger partial charge in [0, 0.05) is 25.8 Å². The molecule has 4 heteroatoms. The van der Waals surface area contributed by atoms with Crippen LogP contribution in [0.1, 0.15) is 38.7 Å². The van der Waals surface area contributed by atoms with Crippen molar-refractivity contribution in [2.24, 2.45) is 0 Å². The highest BCUT2D eigenvalue weighted by atomic mass is 16.3. The maximum Gasteiger partial charge on any atom is 0.126 e. The summed E-state index contributed by atoms with van der Waals surface area (Å²) in [5.41, 5.74) is 0.723. The molecule has 4 nitrogen and oxygen atoms in total. The largest absolute Gasteiger partial charge is 0.389 e. The summed E-state index contributed by atoms with van der Waals surface area (Å²) in [7, 11) is 0. The molecule has 19 heavy (non-hydrogen) atoms. The summed E-state index contributed by atoms with van der Waals surface area (Å²) in [6.45, 7) is 7.74. The molecule has 1 fully saturated rings. The number of rotatable bonds is 5. The Morgan fingerprint density at radius 3 is 3.11 bits per heavy atom. The van der Waals surface area contributed by atoms with E-state index in [1.807, 2.05) is 13.1 Å². The zero-order chi connectivity index (χ0) is 13.7. The molecule has 2 N–H and O–H groups in total. The molecule has 0 bridgehead atoms. The monoisotopic (exact) mass is 263 g/mol. The Kier molecular flexibility index (Phi) is 4.77. The fraction of sp³-hybridized carbons (Fsp3) is 0.667. The van der Waals surface area contributed by atoms with E-state index >= 15 is 0 Å². The Labute approximate surface area is 115 Å². The third-order valence-corrected chi connectivity index (χ3v) is 3.54. The number of nitrogens with one attached hydrogen (secondary N) is 1. The number of anilines is 1. The smallest absolute Gasteiger partial charge is 0.126 e. The van der Waals surface area contributed by atoms with Crippen LogP contribution in [0.25, 0.3) is 0 Å². The molecule has 0 amide bonds. The molecule has 0 aliphatic carbocycles. The van der Waals surface area contributed by atoms with Gasteiger partial charge in [-0.15, -0.1) is 0 Å². The van der Waals surface area contributed by atoms with Crippen LogP contribution in [0.4, 0.5) is 5.82 Å². The molecule has 1 unspecified atom stereocenters. The van der Waals surface area contributed by atoms with Gasteiger partial charge in [-0.2, -0.15) is 0 Å². The van der Waals surface area contributed by atoms with Gasteiger partial charge in [0.1, 0.15) is 5.82 Å². The molecule has 1 aromatic heterocycles. The molecule has 2 heterocycles. The van der Waals surface area contributed by atoms with E-state index in [-0.39, 0.29) is 0 Å². The normalized spacial score (nSPS) is 24.4. The van der Waals surface area contributed by atoms with E-state index in [4.69, 9.17) is 0 Å². The Bertz CT molecular complexity index is 406. The number of nitrogens with zero attached hydrogens (tertiary/aromatic N) is 2. The first-order valence-corrected chi connectivity index (χ1v) is 7.22. The van der Waals surface area contributed by atoms with Gasteiger partial charge in [0.2, 0.25) is 0 Å². The summed E-state index contributed by atoms with van der Waals surface area (Å²) in [5, 5.41) is 13.4. The van der Waals surface area contributed by atoms with Crippen molar-refractivity contribution in [2.75, 3.05) is 25.0 Å². The quantitative estimate of drug-likeness (QED) is 0.855. The third-order valence-electron chi connectivity index (χ3n) is 3.54. The van der Waals surface area contributed by atoms with Crippen molar-refractivity contribution >= 4 is 5.82 Å². The summed E-state index contributed by atoms with van der Waals surface area (Å²) in [4.78, 5) is 6.64. The first-order chi connectivity index (χ1) is 9.09. The number of β-amino-alcohol motifs (C(OH)–C–C–N with tert-alkyl or cyclic N) is 1. The van der Waals surface area contributed by atoms with Gasteiger partial charge in [-0.05, 0) is 50.4 Å². The Morgan fingerprint density at radius 2 is 2.37 bits per heavy atom. The van der Waals surface area contributed by atoms with Crippen molar-refractivity contribution in [2.45, 2.75) is 45.3 Å². The van der Waals surface area contributed by atoms with Gasteiger partial charge >= 0.3 is 0 Å². The van der Waals surface area contributed by atoms with E-state index in [0.717, 1.165) is 51.3 Å². The van der Waals surface area contributed by atoms with E-state index in [2.05, 4.69) is 34.3 Å². The molecule has 2 rings (SSSR count). The lowest BCUT2D eigenvalue weighted by Crippen LogP contribution is -2.45. The van der Waals surface area contributed by atoms with Crippen LogP contribution in [-0.4, -0.2) is 40.2 Å². The highest BCUT2D eigenvalue weighted by Gasteiger charge is 2.28. The van der Waals surface area contributed by atoms with Crippen LogP contribution in [0.3, 0.4) is 0 Å². The maximum atomic E-state index is 10.1. The number of aromatic nitrogens is 1. The van der Waals surface area contributed by atoms with E-state index < -0.39 is 5.60 Å². The van der Waals surface area contributed by atoms with Crippen molar-refractivity contribution < 1.29 is 5.11 Å². The van der Waals surface area contributed by atoms with Gasteiger partial charge in [-0.3, -0.25) is 4.90 Å². The second kappa shape index (κ2) is 6.35. The minimum absolute atomic E-state index is 0.533. The molecular weight excluding hydrogens is 238 g/mol. The summed E-state index contributed by atoms with van der Waals surface area (Å²) in [5.74, 6) is 0.947. The lowest BCUT2D eigenvalue weighted by molar-refractivity contribution is -0.0181. The predicted molar refractivity (Wildman–Crippen MR) is 78.2 cm³/mol. The van der Waals surface area contributed by atoms with Gasteiger partial charge in [0.15, 0.2) is 0 Å². The second-order valence-corrected chi connectivity index (χ2v) is 5.79. The number of piperidine rings is 1. The van der Waals surface area contributed by atoms with Crippen LogP contribution >= 0.6 is 0 Å². The topological polar surface area (TPSA) is 48.4 Å². The van der Waals surface area contributed by atoms with Gasteiger partial charge in [-0.1, -0.05) is 6.92 Å². The lowest BCUT2D eigenvalue weighted by Gasteiger charge is -2.36. The van der Waals surface area contributed by atoms with Crippen LogP contribution in [0.2, 0.25) is 0 Å². The number of likely N-dealkylation sites (tertiary alicyclic amines) is 1. The zero-order valence-electron chi connectivity index (χ0n) is 12.0. The first-order valence-electron chi connectivity index (χ1n) is 7.22. The van der Waals surface area contributed by atoms with Crippen molar-refractivity contribution in [1.82, 2.24) is 9.88 Å². The summed E-state index contributed by atoms with van der Waals surface area (Å²) < 4.78 is 0. The van der Waals surface area contributed by atoms with Crippen LogP contribution in [0.15, 0.2) is 18.3 Å². The molecule has 0 saturated carbocycles. The summed E-state index contributed by atoms with van der Waals surface area (Å²) in [6, 6.07) is 4.17. The fourth-order valence-electron chi connectivity index (χ4n) is 2.64. The van der Waals surface area contributed by atoms with Crippen molar-refractivity contribution in [3.63, 3.8) is 0 Å². The fourth-order valence-corrected chi connectivity index (χ4v) is 2.64. The Hall–Kier alpha value is -1.13. The van der Waals surface area contributed by atoms with E-state index in [1.54, 1.807) is 0 Å². The molecule has 1 saturated heterocycles. The minimum Gasteiger partial charge on any atom is -0.389 e. The molecular formula is C15H25N3O. The van der Waals surface area contributed by atoms with Crippen molar-refractivity contribution in [3.8, 4) is 0 Å². The predicted octanol–water partition coefficient (Wildman–Crippen LogP) is 2.25. The molecule has 1 aliphatic heterocycles. The summed E-state index contributed by atoms with van der Waals surface area (Å²) >= 11 is 0. The Balaban J connectivity index is 1.94. The van der Waals surface area contributed by atoms with Crippen LogP contribution in [-0.2, 0) is 6.54 Å². The highest BCUT2D eigenvalue weighted by Crippen LogP contribution is 2.22. The van der Waals surface area contributed by atoms with Crippen LogP contribution in [0, 0.1) is 0 Å². The average Bonchev–Trinajstić information content (AvgIpc) is 2.35. The molecule has 106 valence electrons. The van der Waals surface area contributed by atoms with Gasteiger partial charge in [0.05, 0.1) is 5.60 Å². The van der Waals surface area contributed by atoms with Gasteiger partial charge in [-0.25, -0.2) is 4.98 Å². The second-order valence-electron chi connectivity index (χ2n) is 5.79. The number of aliphatic hydroxyl groups is 1. The molecule has 0 spiro atoms. The van der Waals surface area contributed by atoms with Gasteiger partial charge in [0.25, 0.3) is 0 Å². The average molecular weight is 263 g/mol. The van der Waals surface area contributed by atoms with Crippen LogP contribution in [0.5, 0.6) is 0 Å². The summed E-state index contributed by atoms with van der Waals surface area (Å²) in [6.07, 6.45) is 4.93. The van der Waals surface area contributed by atoms with Crippen LogP contribution < -0.4 is 5.32 Å². The minimum atomic E-state index is -0.533. The number of hydrogen-bond acceptors (Lipinski definition) is 4. The SMILES string of the molecule is CCCNc1cc(CN2CCCC(C)(O)C2)ccn1. The van der Waals surface area contributed by atoms with Crippen molar-refractivity contribution in [3.05, 3.63) is 23.9 Å². The Morgan fingerprint density at radius 1 is 1.53 bits per heavy atom. The standard InChI is InChI=1S/C15H25N3O/c1-3-7-16-14-10-13(5-8-17-14)11-18-9-4-6-15(2,19)12-18/h5,8,10,19H,3-4,6-7,9,11-12H2,1-2H3,(H,16,17). The third kappa shape index (κ3) is 4.48. The molecule has 1 aromatic rings. The van der Waals surface area contributed by atoms with Gasteiger partial charge < -0.3 is 10.4 Å². The molecule has 1 aliphatic rings. The van der Waals surface area contributed by atoms with E-state index in [0.29, 0.717) is 0 Å².